The average molecular weight is 656 g/mol. The smallest absolute Gasteiger partial charge is 0.435 e. The van der Waals surface area contributed by atoms with Crippen LogP contribution in [0.2, 0.25) is 0 Å². The number of nitrogens with one attached hydrogen (secondary N) is 1. The maximum Gasteiger partial charge on any atom is 0.515 e. The topological polar surface area (TPSA) is 93.2 Å². The van der Waals surface area contributed by atoms with Crippen molar-refractivity contribution >= 4 is 40.0 Å². The molecule has 0 radical (unpaired) electrons. The number of rotatable bonds is 7. The van der Waals surface area contributed by atoms with Gasteiger partial charge in [0.2, 0.25) is 0 Å². The molecule has 3 aliphatic heterocycles. The Labute approximate surface area is 263 Å². The number of nitrogens with zero attached hydrogens (tertiary/aromatic N) is 4. The molecule has 0 spiro atoms. The van der Waals surface area contributed by atoms with Crippen LogP contribution < -0.4 is 5.32 Å². The number of benzene rings is 2. The predicted octanol–water partition coefficient (Wildman–Crippen LogP) is 5.62. The van der Waals surface area contributed by atoms with Gasteiger partial charge in [0.1, 0.15) is 12.8 Å². The van der Waals surface area contributed by atoms with Crippen LogP contribution in [0.3, 0.4) is 0 Å². The zero-order valence-electron chi connectivity index (χ0n) is 25.8. The van der Waals surface area contributed by atoms with Crippen LogP contribution >= 0.6 is 15.9 Å². The first-order valence-corrected chi connectivity index (χ1v) is 16.2. The molecule has 232 valence electrons. The van der Waals surface area contributed by atoms with Crippen molar-refractivity contribution in [3.8, 4) is 0 Å². The number of urea groups is 1. The highest BCUT2D eigenvalue weighted by Crippen LogP contribution is 2.46. The van der Waals surface area contributed by atoms with Crippen LogP contribution in [0.1, 0.15) is 54.4 Å². The Bertz CT molecular complexity index is 1350. The number of aryl methyl sites for hydroxylation is 2. The zero-order valence-corrected chi connectivity index (χ0v) is 27.4. The van der Waals surface area contributed by atoms with E-state index >= 15 is 0 Å². The van der Waals surface area contributed by atoms with Gasteiger partial charge in [-0.05, 0) is 82.1 Å². The lowest BCUT2D eigenvalue weighted by atomic mass is 9.81. The van der Waals surface area contributed by atoms with E-state index in [0.29, 0.717) is 45.1 Å². The molecular weight excluding hydrogens is 610 g/mol. The third kappa shape index (κ3) is 5.87. The van der Waals surface area contributed by atoms with E-state index in [0.717, 1.165) is 58.0 Å². The molecule has 2 aromatic carbocycles. The number of aldehydes is 1. The number of hydrogen-bond acceptors (Lipinski definition) is 5. The van der Waals surface area contributed by atoms with Gasteiger partial charge in [-0.15, -0.1) is 0 Å². The number of piperidine rings is 2. The molecule has 3 aliphatic rings. The standard InChI is InChI=1S/C33H44BrN5O4/c1-23-19-25(20-24(2)30(23)34)22-39(32(42)43)17-12-28(38-16-9-26-7-5-6-8-29(26)35-31(38)41)21-33(39,13-18-40)37-14-10-27(11-15-37)36(3)4/h5-8,18-20,27-28H,9-17,21-22H2,1-4H3,(H-,35,41,42,43)/p+1/t28?,33?,39-/m0/s1. The predicted molar refractivity (Wildman–Crippen MR) is 171 cm³/mol. The van der Waals surface area contributed by atoms with Crippen LogP contribution in [0.4, 0.5) is 15.3 Å². The number of likely N-dealkylation sites (tertiary alicyclic amines) is 2. The van der Waals surface area contributed by atoms with Gasteiger partial charge >= 0.3 is 12.1 Å². The maximum absolute atomic E-state index is 13.7. The molecule has 2 saturated heterocycles. The molecule has 0 bridgehead atoms. The fourth-order valence-electron chi connectivity index (χ4n) is 7.96. The monoisotopic (exact) mass is 654 g/mol. The van der Waals surface area contributed by atoms with Gasteiger partial charge in [-0.1, -0.05) is 34.1 Å². The number of para-hydroxylation sites is 1. The Kier molecular flexibility index (Phi) is 9.32. The molecule has 3 heterocycles. The minimum atomic E-state index is -0.998. The van der Waals surface area contributed by atoms with Gasteiger partial charge in [-0.2, -0.15) is 4.79 Å². The summed E-state index contributed by atoms with van der Waals surface area (Å²) in [5.41, 5.74) is 3.98. The van der Waals surface area contributed by atoms with Crippen molar-refractivity contribution < 1.29 is 24.0 Å². The number of hydrogen-bond donors (Lipinski definition) is 2. The first-order chi connectivity index (χ1) is 20.5. The fraction of sp³-hybridized carbons (Fsp3) is 0.545. The van der Waals surface area contributed by atoms with Crippen LogP contribution in [0.5, 0.6) is 0 Å². The number of anilines is 1. The summed E-state index contributed by atoms with van der Waals surface area (Å²) in [5.74, 6) is 0. The van der Waals surface area contributed by atoms with Gasteiger partial charge in [0.15, 0.2) is 5.66 Å². The van der Waals surface area contributed by atoms with E-state index in [1.54, 1.807) is 0 Å². The molecule has 5 rings (SSSR count). The Morgan fingerprint density at radius 3 is 2.44 bits per heavy atom. The summed E-state index contributed by atoms with van der Waals surface area (Å²) in [7, 11) is 4.17. The third-order valence-corrected chi connectivity index (χ3v) is 11.5. The lowest BCUT2D eigenvalue weighted by molar-refractivity contribution is -0.942. The second-order valence-corrected chi connectivity index (χ2v) is 13.7. The zero-order chi connectivity index (χ0) is 30.9. The van der Waals surface area contributed by atoms with Crippen LogP contribution in [-0.4, -0.2) is 101 Å². The molecule has 3 amide bonds. The van der Waals surface area contributed by atoms with E-state index in [1.165, 1.54) is 0 Å². The van der Waals surface area contributed by atoms with E-state index in [4.69, 9.17) is 0 Å². The second-order valence-electron chi connectivity index (χ2n) is 12.9. The highest BCUT2D eigenvalue weighted by molar-refractivity contribution is 9.10. The number of carboxylic acid groups (broad SMARTS) is 1. The van der Waals surface area contributed by atoms with Crippen LogP contribution in [-0.2, 0) is 17.8 Å². The van der Waals surface area contributed by atoms with E-state index in [9.17, 15) is 19.5 Å². The van der Waals surface area contributed by atoms with E-state index in [1.807, 2.05) is 43.0 Å². The lowest BCUT2D eigenvalue weighted by Crippen LogP contribution is -2.78. The molecule has 43 heavy (non-hydrogen) atoms. The number of amides is 3. The Balaban J connectivity index is 1.56. The first-order valence-electron chi connectivity index (χ1n) is 15.4. The number of carbonyl (C=O) groups excluding carboxylic acids is 2. The molecule has 0 saturated carbocycles. The largest absolute Gasteiger partial charge is 0.515 e. The Morgan fingerprint density at radius 1 is 1.14 bits per heavy atom. The molecule has 0 aliphatic carbocycles. The van der Waals surface area contributed by atoms with Crippen LogP contribution in [0, 0.1) is 13.8 Å². The third-order valence-electron chi connectivity index (χ3n) is 10.3. The lowest BCUT2D eigenvalue weighted by Gasteiger charge is -2.59. The van der Waals surface area contributed by atoms with Crippen LogP contribution in [0.15, 0.2) is 40.9 Å². The van der Waals surface area contributed by atoms with E-state index in [2.05, 4.69) is 57.3 Å². The fourth-order valence-corrected chi connectivity index (χ4v) is 8.19. The normalized spacial score (nSPS) is 27.0. The number of halogens is 1. The molecular formula is C33H45BrN5O4+. The first kappa shape index (κ1) is 31.6. The summed E-state index contributed by atoms with van der Waals surface area (Å²) >= 11 is 3.66. The molecule has 2 aromatic rings. The van der Waals surface area contributed by atoms with Crippen molar-refractivity contribution in [3.63, 3.8) is 0 Å². The van der Waals surface area contributed by atoms with Gasteiger partial charge in [0.05, 0.1) is 13.0 Å². The van der Waals surface area contributed by atoms with Gasteiger partial charge in [0, 0.05) is 60.3 Å². The number of quaternary nitrogens is 1. The van der Waals surface area contributed by atoms with Crippen molar-refractivity contribution in [1.82, 2.24) is 14.7 Å². The summed E-state index contributed by atoms with van der Waals surface area (Å²) in [6, 6.07) is 12.1. The summed E-state index contributed by atoms with van der Waals surface area (Å²) in [6.07, 6.45) is 3.56. The van der Waals surface area contributed by atoms with Crippen molar-refractivity contribution in [2.45, 2.75) is 76.7 Å². The average Bonchev–Trinajstić information content (AvgIpc) is 3.14. The van der Waals surface area contributed by atoms with Crippen LogP contribution in [0.25, 0.3) is 0 Å². The molecule has 10 heteroatoms. The summed E-state index contributed by atoms with van der Waals surface area (Å²) in [5, 5.41) is 14.3. The molecule has 9 nitrogen and oxygen atoms in total. The molecule has 2 unspecified atom stereocenters. The van der Waals surface area contributed by atoms with Gasteiger partial charge < -0.3 is 25.0 Å². The molecule has 2 fully saturated rings. The van der Waals surface area contributed by atoms with E-state index < -0.39 is 11.8 Å². The summed E-state index contributed by atoms with van der Waals surface area (Å²) in [6.45, 7) is 6.60. The van der Waals surface area contributed by atoms with Crippen molar-refractivity contribution in [3.05, 3.63) is 63.1 Å². The Morgan fingerprint density at radius 2 is 1.81 bits per heavy atom. The second kappa shape index (κ2) is 12.7. The highest BCUT2D eigenvalue weighted by atomic mass is 79.9. The van der Waals surface area contributed by atoms with Gasteiger partial charge in [0.25, 0.3) is 0 Å². The maximum atomic E-state index is 13.7. The SMILES string of the molecule is Cc1cc(C[N@+]2(C(=O)O)CCC(N3CCc4ccccc4NC3=O)CC2(CC=O)N2CCC(N(C)C)CC2)cc(C)c1Br. The van der Waals surface area contributed by atoms with Gasteiger partial charge in [-0.3, -0.25) is 4.90 Å². The van der Waals surface area contributed by atoms with Crippen molar-refractivity contribution in [2.75, 3.05) is 45.6 Å². The minimum Gasteiger partial charge on any atom is -0.435 e. The molecule has 3 atom stereocenters. The van der Waals surface area contributed by atoms with Gasteiger partial charge in [-0.25, -0.2) is 9.28 Å². The van der Waals surface area contributed by atoms with Crippen molar-refractivity contribution in [1.29, 1.82) is 0 Å². The van der Waals surface area contributed by atoms with Crippen molar-refractivity contribution in [2.24, 2.45) is 0 Å². The highest BCUT2D eigenvalue weighted by Gasteiger charge is 2.64. The molecule has 0 aromatic heterocycles. The molecule has 2 N–H and O–H groups in total. The van der Waals surface area contributed by atoms with E-state index in [-0.39, 0.29) is 29.5 Å². The Hall–Kier alpha value is -2.79. The summed E-state index contributed by atoms with van der Waals surface area (Å²) in [4.78, 5) is 46.4. The quantitative estimate of drug-likeness (QED) is 0.297. The summed E-state index contributed by atoms with van der Waals surface area (Å²) < 4.78 is 0.778. The minimum absolute atomic E-state index is 0.0899. The number of fused-ring (bicyclic) bond motifs is 1. The number of carbonyl (C=O) groups is 3.